The molecule has 0 heterocycles. The largest absolute Gasteiger partial charge is 0.493 e. The zero-order valence-corrected chi connectivity index (χ0v) is 33.5. The molecule has 1 aliphatic rings. The molecule has 290 valence electrons. The Bertz CT molecular complexity index is 1910. The van der Waals surface area contributed by atoms with Gasteiger partial charge in [-0.3, -0.25) is 0 Å². The maximum absolute atomic E-state index is 13.1. The number of hydrogen-bond acceptors (Lipinski definition) is 8. The zero-order valence-electron chi connectivity index (χ0n) is 33.5. The second kappa shape index (κ2) is 18.7. The second-order valence-corrected chi connectivity index (χ2v) is 13.0. The van der Waals surface area contributed by atoms with Crippen LogP contribution in [0.2, 0.25) is 0 Å². The SMILES string of the molecule is CC=CC(=O)Oc1c(OCC)cc(C2(c3cc(OCC)c(OC(=O)C=CC)c(CCC)c3OCC)c3ccccc3-c3ccccc32)c(OCC)c1CCC. The minimum absolute atomic E-state index is 0.332. The van der Waals surface area contributed by atoms with E-state index in [-0.39, 0.29) is 0 Å². The highest BCUT2D eigenvalue weighted by atomic mass is 16.6. The van der Waals surface area contributed by atoms with E-state index in [1.807, 2.05) is 52.0 Å². The van der Waals surface area contributed by atoms with E-state index in [1.54, 1.807) is 26.0 Å². The molecule has 0 aromatic heterocycles. The molecule has 8 nitrogen and oxygen atoms in total. The van der Waals surface area contributed by atoms with Crippen molar-refractivity contribution in [2.75, 3.05) is 26.4 Å². The molecule has 0 aliphatic heterocycles. The molecule has 0 unspecified atom stereocenters. The van der Waals surface area contributed by atoms with Crippen molar-refractivity contribution in [2.24, 2.45) is 0 Å². The molecule has 0 fully saturated rings. The first-order valence-electron chi connectivity index (χ1n) is 19.6. The molecule has 0 spiro atoms. The summed E-state index contributed by atoms with van der Waals surface area (Å²) in [4.78, 5) is 26.3. The highest BCUT2D eigenvalue weighted by Crippen LogP contribution is 2.63. The molecule has 5 rings (SSSR count). The first kappa shape index (κ1) is 40.7. The van der Waals surface area contributed by atoms with Gasteiger partial charge in [0, 0.05) is 34.4 Å². The lowest BCUT2D eigenvalue weighted by Crippen LogP contribution is -2.31. The van der Waals surface area contributed by atoms with Crippen molar-refractivity contribution >= 4 is 11.9 Å². The summed E-state index contributed by atoms with van der Waals surface area (Å²) in [5, 5.41) is 0. The fourth-order valence-corrected chi connectivity index (χ4v) is 7.73. The van der Waals surface area contributed by atoms with Gasteiger partial charge < -0.3 is 28.4 Å². The van der Waals surface area contributed by atoms with E-state index in [4.69, 9.17) is 28.4 Å². The van der Waals surface area contributed by atoms with E-state index in [2.05, 4.69) is 50.2 Å². The number of hydrogen-bond donors (Lipinski definition) is 0. The summed E-state index contributed by atoms with van der Waals surface area (Å²) in [6.45, 7) is 16.8. The van der Waals surface area contributed by atoms with Crippen LogP contribution in [-0.2, 0) is 27.8 Å². The molecule has 0 N–H and O–H groups in total. The van der Waals surface area contributed by atoms with Crippen LogP contribution in [0.25, 0.3) is 11.1 Å². The van der Waals surface area contributed by atoms with Gasteiger partial charge in [-0.2, -0.15) is 0 Å². The van der Waals surface area contributed by atoms with Gasteiger partial charge in [-0.15, -0.1) is 0 Å². The van der Waals surface area contributed by atoms with Crippen LogP contribution in [0.3, 0.4) is 0 Å². The van der Waals surface area contributed by atoms with Gasteiger partial charge in [-0.1, -0.05) is 87.4 Å². The number of ether oxygens (including phenoxy) is 6. The van der Waals surface area contributed by atoms with Crippen molar-refractivity contribution in [2.45, 2.75) is 86.5 Å². The van der Waals surface area contributed by atoms with Crippen LogP contribution < -0.4 is 28.4 Å². The minimum atomic E-state index is -1.08. The minimum Gasteiger partial charge on any atom is -0.493 e. The number of carbonyl (C=O) groups is 2. The van der Waals surface area contributed by atoms with E-state index in [0.717, 1.165) is 57.3 Å². The van der Waals surface area contributed by atoms with Crippen molar-refractivity contribution in [3.8, 4) is 45.6 Å². The fraction of sp³-hybridized carbons (Fsp3) is 0.362. The summed E-state index contributed by atoms with van der Waals surface area (Å²) in [6.07, 6.45) is 8.68. The van der Waals surface area contributed by atoms with Crippen molar-refractivity contribution in [3.63, 3.8) is 0 Å². The maximum atomic E-state index is 13.1. The Morgan fingerprint density at radius 1 is 0.527 bits per heavy atom. The van der Waals surface area contributed by atoms with Crippen LogP contribution in [0.15, 0.2) is 85.0 Å². The predicted molar refractivity (Wildman–Crippen MR) is 217 cm³/mol. The Labute approximate surface area is 326 Å². The van der Waals surface area contributed by atoms with Gasteiger partial charge in [0.05, 0.1) is 31.8 Å². The van der Waals surface area contributed by atoms with Crippen LogP contribution in [0.1, 0.15) is 102 Å². The lowest BCUT2D eigenvalue weighted by Gasteiger charge is -2.38. The normalized spacial score (nSPS) is 12.7. The Balaban J connectivity index is 2.10. The quantitative estimate of drug-likeness (QED) is 0.0497. The van der Waals surface area contributed by atoms with Gasteiger partial charge in [0.2, 0.25) is 0 Å². The molecule has 0 saturated carbocycles. The summed E-state index contributed by atoms with van der Waals surface area (Å²) in [5.74, 6) is 1.73. The van der Waals surface area contributed by atoms with Crippen molar-refractivity contribution in [3.05, 3.63) is 118 Å². The molecule has 1 aliphatic carbocycles. The third-order valence-corrected chi connectivity index (χ3v) is 9.53. The Morgan fingerprint density at radius 2 is 0.909 bits per heavy atom. The maximum Gasteiger partial charge on any atom is 0.335 e. The summed E-state index contributed by atoms with van der Waals surface area (Å²) < 4.78 is 38.6. The number of rotatable bonds is 18. The zero-order chi connectivity index (χ0) is 39.5. The van der Waals surface area contributed by atoms with Crippen molar-refractivity contribution in [1.82, 2.24) is 0 Å². The van der Waals surface area contributed by atoms with Crippen LogP contribution in [0.4, 0.5) is 0 Å². The first-order chi connectivity index (χ1) is 26.8. The fourth-order valence-electron chi connectivity index (χ4n) is 7.73. The Morgan fingerprint density at radius 3 is 1.25 bits per heavy atom. The van der Waals surface area contributed by atoms with Crippen LogP contribution >= 0.6 is 0 Å². The predicted octanol–water partition coefficient (Wildman–Crippen LogP) is 10.5. The smallest absolute Gasteiger partial charge is 0.335 e. The third kappa shape index (κ3) is 7.73. The molecule has 55 heavy (non-hydrogen) atoms. The van der Waals surface area contributed by atoms with Crippen LogP contribution in [-0.4, -0.2) is 38.4 Å². The topological polar surface area (TPSA) is 89.5 Å². The van der Waals surface area contributed by atoms with E-state index in [1.165, 1.54) is 12.2 Å². The summed E-state index contributed by atoms with van der Waals surface area (Å²) >= 11 is 0. The van der Waals surface area contributed by atoms with Gasteiger partial charge in [-0.05, 0) is 88.8 Å². The first-order valence-corrected chi connectivity index (χ1v) is 19.6. The van der Waals surface area contributed by atoms with Crippen LogP contribution in [0.5, 0.6) is 34.5 Å². The summed E-state index contributed by atoms with van der Waals surface area (Å²) in [6, 6.07) is 20.7. The highest BCUT2D eigenvalue weighted by molar-refractivity contribution is 5.90. The van der Waals surface area contributed by atoms with Gasteiger partial charge in [0.15, 0.2) is 23.0 Å². The Kier molecular flexibility index (Phi) is 13.8. The molecule has 4 aromatic rings. The third-order valence-electron chi connectivity index (χ3n) is 9.53. The number of carbonyl (C=O) groups excluding carboxylic acids is 2. The van der Waals surface area contributed by atoms with Crippen LogP contribution in [0, 0.1) is 0 Å². The van der Waals surface area contributed by atoms with E-state index in [0.29, 0.717) is 73.8 Å². The lowest BCUT2D eigenvalue weighted by atomic mass is 9.66. The molecule has 4 aromatic carbocycles. The average molecular weight is 747 g/mol. The molecular weight excluding hydrogens is 693 g/mol. The second-order valence-electron chi connectivity index (χ2n) is 13.0. The van der Waals surface area contributed by atoms with Crippen molar-refractivity contribution in [1.29, 1.82) is 0 Å². The number of allylic oxidation sites excluding steroid dienone is 2. The molecule has 0 saturated heterocycles. The number of esters is 2. The summed E-state index contributed by atoms with van der Waals surface area (Å²) in [7, 11) is 0. The molecule has 0 bridgehead atoms. The summed E-state index contributed by atoms with van der Waals surface area (Å²) in [5.41, 5.74) is 6.11. The van der Waals surface area contributed by atoms with Gasteiger partial charge >= 0.3 is 11.9 Å². The van der Waals surface area contributed by atoms with Crippen molar-refractivity contribution < 1.29 is 38.0 Å². The molecule has 0 atom stereocenters. The number of fused-ring (bicyclic) bond motifs is 3. The standard InChI is InChI=1S/C47H54O8/c1-9-21-33-43(52-15-7)37(29-39(50-13-5)45(33)54-41(48)23-11-3)47(35-27-19-17-25-31(35)32-26-18-20-28-36(32)47)38-30-40(51-14-6)46(55-42(49)24-12-4)34(22-10-2)44(38)53-16-8/h11-12,17-20,23-30H,9-10,13-16,21-22H2,1-8H3. The molecule has 0 amide bonds. The molecular formula is C47H54O8. The van der Waals surface area contributed by atoms with Gasteiger partial charge in [-0.25, -0.2) is 9.59 Å². The molecule has 8 heteroatoms. The Hall–Kier alpha value is -5.50. The van der Waals surface area contributed by atoms with Gasteiger partial charge in [0.25, 0.3) is 0 Å². The van der Waals surface area contributed by atoms with Gasteiger partial charge in [0.1, 0.15) is 11.5 Å². The van der Waals surface area contributed by atoms with E-state index in [9.17, 15) is 9.59 Å². The number of benzene rings is 4. The van der Waals surface area contributed by atoms with E-state index < -0.39 is 17.4 Å². The molecule has 0 radical (unpaired) electrons. The highest BCUT2D eigenvalue weighted by Gasteiger charge is 2.51. The van der Waals surface area contributed by atoms with E-state index >= 15 is 0 Å². The average Bonchev–Trinajstić information content (AvgIpc) is 3.47. The lowest BCUT2D eigenvalue weighted by molar-refractivity contribution is -0.130. The monoisotopic (exact) mass is 746 g/mol.